The number of nitrogens with zero attached hydrogens (tertiary/aromatic N) is 5. The van der Waals surface area contributed by atoms with E-state index in [-0.39, 0.29) is 11.2 Å². The number of benzene rings is 1. The highest BCUT2D eigenvalue weighted by molar-refractivity contribution is 6.13. The maximum atomic E-state index is 13.0. The molecule has 4 heterocycles. The minimum absolute atomic E-state index is 0.113. The summed E-state index contributed by atoms with van der Waals surface area (Å²) >= 11 is 0. The first kappa shape index (κ1) is 18.7. The summed E-state index contributed by atoms with van der Waals surface area (Å²) in [4.78, 5) is 33.3. The fraction of sp³-hybridized carbons (Fsp3) is 0.333. The highest BCUT2D eigenvalue weighted by Gasteiger charge is 2.23. The van der Waals surface area contributed by atoms with E-state index < -0.39 is 4.92 Å². The largest absolute Gasteiger partial charge is 0.368 e. The first-order valence-electron chi connectivity index (χ1n) is 10.0. The molecule has 0 saturated carbocycles. The third kappa shape index (κ3) is 2.94. The molecular weight excluding hydrogens is 384 g/mol. The van der Waals surface area contributed by atoms with Crippen LogP contribution in [0.15, 0.2) is 41.3 Å². The van der Waals surface area contributed by atoms with Crippen molar-refractivity contribution < 1.29 is 4.92 Å². The third-order valence-electron chi connectivity index (χ3n) is 5.97. The predicted octanol–water partition coefficient (Wildman–Crippen LogP) is 2.01. The molecule has 0 aliphatic carbocycles. The monoisotopic (exact) mass is 406 g/mol. The summed E-state index contributed by atoms with van der Waals surface area (Å²) in [6, 6.07) is 8.44. The Morgan fingerprint density at radius 2 is 1.90 bits per heavy atom. The molecule has 1 saturated heterocycles. The van der Waals surface area contributed by atoms with Gasteiger partial charge in [0.1, 0.15) is 11.3 Å². The van der Waals surface area contributed by atoms with Gasteiger partial charge in [-0.05, 0) is 24.1 Å². The van der Waals surface area contributed by atoms with E-state index in [1.165, 1.54) is 16.5 Å². The zero-order valence-corrected chi connectivity index (χ0v) is 16.7. The van der Waals surface area contributed by atoms with Crippen LogP contribution in [0.5, 0.6) is 0 Å². The van der Waals surface area contributed by atoms with Crippen molar-refractivity contribution in [2.75, 3.05) is 51.6 Å². The average molecular weight is 406 g/mol. The fourth-order valence-electron chi connectivity index (χ4n) is 4.32. The number of nitrogens with one attached hydrogen (secondary N) is 1. The number of rotatable bonds is 5. The summed E-state index contributed by atoms with van der Waals surface area (Å²) in [6.07, 6.45) is 1.58. The van der Waals surface area contributed by atoms with Crippen molar-refractivity contribution in [3.05, 3.63) is 56.9 Å². The summed E-state index contributed by atoms with van der Waals surface area (Å²) in [5.74, 6) is 0.577. The predicted molar refractivity (Wildman–Crippen MR) is 117 cm³/mol. The molecular formula is C21H22N6O3. The van der Waals surface area contributed by atoms with Gasteiger partial charge in [-0.25, -0.2) is 4.98 Å². The highest BCUT2D eigenvalue weighted by Crippen LogP contribution is 2.32. The van der Waals surface area contributed by atoms with Crippen molar-refractivity contribution in [3.63, 3.8) is 0 Å². The van der Waals surface area contributed by atoms with E-state index >= 15 is 0 Å². The van der Waals surface area contributed by atoms with Crippen molar-refractivity contribution >= 4 is 38.8 Å². The Morgan fingerprint density at radius 3 is 2.67 bits per heavy atom. The van der Waals surface area contributed by atoms with Crippen molar-refractivity contribution in [2.45, 2.75) is 0 Å². The zero-order chi connectivity index (χ0) is 20.8. The number of hydrogen-bond donors (Lipinski definition) is 1. The first-order chi connectivity index (χ1) is 14.5. The van der Waals surface area contributed by atoms with E-state index in [9.17, 15) is 14.9 Å². The second-order valence-electron chi connectivity index (χ2n) is 7.79. The fourth-order valence-corrected chi connectivity index (χ4v) is 4.32. The molecule has 1 fully saturated rings. The molecule has 9 nitrogen and oxygen atoms in total. The zero-order valence-electron chi connectivity index (χ0n) is 16.7. The lowest BCUT2D eigenvalue weighted by Gasteiger charge is -2.32. The molecule has 1 aliphatic rings. The Bertz CT molecular complexity index is 1310. The smallest absolute Gasteiger partial charge is 0.328 e. The number of nitro groups is 1. The van der Waals surface area contributed by atoms with Gasteiger partial charge in [0.05, 0.1) is 5.39 Å². The van der Waals surface area contributed by atoms with E-state index in [4.69, 9.17) is 0 Å². The Balaban J connectivity index is 1.55. The number of aromatic nitrogens is 2. The van der Waals surface area contributed by atoms with Gasteiger partial charge in [-0.15, -0.1) is 0 Å². The first-order valence-corrected chi connectivity index (χ1v) is 10.0. The second-order valence-corrected chi connectivity index (χ2v) is 7.79. The Morgan fingerprint density at radius 1 is 1.10 bits per heavy atom. The molecule has 154 valence electrons. The number of pyridine rings is 2. The maximum absolute atomic E-state index is 13.0. The van der Waals surface area contributed by atoms with Gasteiger partial charge in [0.15, 0.2) is 5.52 Å². The van der Waals surface area contributed by atoms with E-state index in [0.717, 1.165) is 44.7 Å². The summed E-state index contributed by atoms with van der Waals surface area (Å²) in [5, 5.41) is 16.9. The highest BCUT2D eigenvalue weighted by atomic mass is 16.6. The van der Waals surface area contributed by atoms with Crippen LogP contribution in [0.3, 0.4) is 0 Å². The summed E-state index contributed by atoms with van der Waals surface area (Å²) in [7, 11) is 2.14. The van der Waals surface area contributed by atoms with E-state index in [1.54, 1.807) is 6.20 Å². The number of likely N-dealkylation sites (N-methyl/N-ethyl adjacent to an activating group) is 1. The van der Waals surface area contributed by atoms with Gasteiger partial charge in [0.25, 0.3) is 0 Å². The normalized spacial score (nSPS) is 16.0. The molecule has 3 aromatic heterocycles. The molecule has 1 N–H and O–H groups in total. The van der Waals surface area contributed by atoms with Crippen LogP contribution in [0.2, 0.25) is 0 Å². The molecule has 5 rings (SSSR count). The molecule has 30 heavy (non-hydrogen) atoms. The minimum atomic E-state index is -0.461. The van der Waals surface area contributed by atoms with E-state index in [2.05, 4.69) is 27.1 Å². The molecule has 0 spiro atoms. The van der Waals surface area contributed by atoms with Crippen LogP contribution in [-0.4, -0.2) is 70.4 Å². The maximum Gasteiger partial charge on any atom is 0.328 e. The number of hydrogen-bond acceptors (Lipinski definition) is 7. The summed E-state index contributed by atoms with van der Waals surface area (Å²) in [6.45, 7) is 5.87. The molecule has 0 radical (unpaired) electrons. The molecule has 0 atom stereocenters. The van der Waals surface area contributed by atoms with Gasteiger partial charge in [-0.1, -0.05) is 12.1 Å². The van der Waals surface area contributed by atoms with E-state index in [0.29, 0.717) is 27.6 Å². The Labute approximate surface area is 172 Å². The number of anilines is 1. The van der Waals surface area contributed by atoms with Crippen LogP contribution in [0.25, 0.3) is 27.2 Å². The van der Waals surface area contributed by atoms with Crippen molar-refractivity contribution in [3.8, 4) is 0 Å². The van der Waals surface area contributed by atoms with Crippen LogP contribution in [0, 0.1) is 10.1 Å². The SMILES string of the molecule is CN1CCN(CCNc2ncc3c(=O)c4ccc([N+](=O)[O-])n4c4cccc2c34)CC1. The van der Waals surface area contributed by atoms with Crippen LogP contribution in [-0.2, 0) is 0 Å². The van der Waals surface area contributed by atoms with Crippen LogP contribution in [0.1, 0.15) is 0 Å². The van der Waals surface area contributed by atoms with Crippen LogP contribution in [0.4, 0.5) is 11.6 Å². The van der Waals surface area contributed by atoms with Gasteiger partial charge in [-0.3, -0.25) is 9.69 Å². The van der Waals surface area contributed by atoms with Gasteiger partial charge in [0.2, 0.25) is 5.43 Å². The van der Waals surface area contributed by atoms with E-state index in [1.807, 2.05) is 18.2 Å². The van der Waals surface area contributed by atoms with Crippen LogP contribution < -0.4 is 10.7 Å². The molecule has 9 heteroatoms. The quantitative estimate of drug-likeness (QED) is 0.400. The lowest BCUT2D eigenvalue weighted by molar-refractivity contribution is -0.390. The standard InChI is InChI=1S/C21H22N6O3/c1-24-9-11-25(12-10-24)8-7-22-21-14-3-2-4-16-19(14)15(13-23-21)20(28)17-5-6-18(26(16)17)27(29)30/h2-6,13H,7-12H2,1H3,(H,22,23). The molecule has 4 aromatic rings. The third-order valence-corrected chi connectivity index (χ3v) is 5.97. The summed E-state index contributed by atoms with van der Waals surface area (Å²) in [5.41, 5.74) is 0.681. The minimum Gasteiger partial charge on any atom is -0.368 e. The number of piperazine rings is 1. The second kappa shape index (κ2) is 7.19. The van der Waals surface area contributed by atoms with Gasteiger partial charge >= 0.3 is 5.82 Å². The average Bonchev–Trinajstić information content (AvgIpc) is 3.20. The lowest BCUT2D eigenvalue weighted by Crippen LogP contribution is -2.45. The molecule has 1 aliphatic heterocycles. The Hall–Kier alpha value is -3.30. The molecule has 0 unspecified atom stereocenters. The number of fused-ring (bicyclic) bond motifs is 2. The topological polar surface area (TPSA) is 96.0 Å². The van der Waals surface area contributed by atoms with Gasteiger partial charge in [-0.2, -0.15) is 4.40 Å². The Kier molecular flexibility index (Phi) is 4.48. The molecule has 1 aromatic carbocycles. The van der Waals surface area contributed by atoms with Gasteiger partial charge < -0.3 is 20.3 Å². The van der Waals surface area contributed by atoms with Crippen molar-refractivity contribution in [2.24, 2.45) is 0 Å². The summed E-state index contributed by atoms with van der Waals surface area (Å²) < 4.78 is 1.44. The molecule has 0 bridgehead atoms. The van der Waals surface area contributed by atoms with Crippen molar-refractivity contribution in [1.82, 2.24) is 19.2 Å². The van der Waals surface area contributed by atoms with Gasteiger partial charge in [0, 0.05) is 62.3 Å². The van der Waals surface area contributed by atoms with Crippen LogP contribution >= 0.6 is 0 Å². The lowest BCUT2D eigenvalue weighted by atomic mass is 10.1. The van der Waals surface area contributed by atoms with Crippen molar-refractivity contribution in [1.29, 1.82) is 0 Å². The molecule has 0 amide bonds.